The van der Waals surface area contributed by atoms with Gasteiger partial charge in [-0.3, -0.25) is 4.98 Å². The maximum atomic E-state index is 10.8. The summed E-state index contributed by atoms with van der Waals surface area (Å²) in [5.41, 5.74) is 2.80. The van der Waals surface area contributed by atoms with E-state index in [9.17, 15) is 15.3 Å². The van der Waals surface area contributed by atoms with E-state index in [0.717, 1.165) is 27.6 Å². The standard InChI is InChI=1S/C27H31NO3/c1-4-21(27(31)18(2)3)25(29)15-13-20(24-11-7-8-16-28-24)17-19-12-14-26(30)23-10-6-5-9-22(19)23/h4-12,14,16-18,21,25,27,29-31H,1,13,15H2,2-3H3/b20-17-/t21-,25-,27-/m1/s1. The Balaban J connectivity index is 1.94. The minimum Gasteiger partial charge on any atom is -0.507 e. The van der Waals surface area contributed by atoms with Crippen LogP contribution in [0.3, 0.4) is 0 Å². The molecule has 31 heavy (non-hydrogen) atoms. The van der Waals surface area contributed by atoms with Gasteiger partial charge in [0.1, 0.15) is 5.75 Å². The zero-order valence-electron chi connectivity index (χ0n) is 18.1. The summed E-state index contributed by atoms with van der Waals surface area (Å²) in [5.74, 6) is -0.106. The summed E-state index contributed by atoms with van der Waals surface area (Å²) in [5, 5.41) is 33.2. The zero-order chi connectivity index (χ0) is 22.4. The molecule has 4 heteroatoms. The van der Waals surface area contributed by atoms with E-state index in [2.05, 4.69) is 17.6 Å². The largest absolute Gasteiger partial charge is 0.507 e. The van der Waals surface area contributed by atoms with Crippen LogP contribution >= 0.6 is 0 Å². The Morgan fingerprint density at radius 2 is 1.71 bits per heavy atom. The number of nitrogens with zero attached hydrogens (tertiary/aromatic N) is 1. The van der Waals surface area contributed by atoms with Crippen LogP contribution in [-0.4, -0.2) is 32.5 Å². The van der Waals surface area contributed by atoms with Gasteiger partial charge in [0.05, 0.1) is 17.9 Å². The molecule has 3 atom stereocenters. The first-order chi connectivity index (χ1) is 14.9. The average Bonchev–Trinajstić information content (AvgIpc) is 2.79. The second kappa shape index (κ2) is 10.4. The number of aliphatic hydroxyl groups excluding tert-OH is 2. The molecule has 3 aromatic rings. The van der Waals surface area contributed by atoms with Crippen LogP contribution in [0.4, 0.5) is 0 Å². The second-order valence-corrected chi connectivity index (χ2v) is 8.26. The molecule has 4 nitrogen and oxygen atoms in total. The van der Waals surface area contributed by atoms with Crippen LogP contribution < -0.4 is 0 Å². The van der Waals surface area contributed by atoms with Crippen molar-refractivity contribution in [2.24, 2.45) is 11.8 Å². The minimum atomic E-state index is -0.710. The van der Waals surface area contributed by atoms with Gasteiger partial charge in [0, 0.05) is 17.5 Å². The lowest BCUT2D eigenvalue weighted by Gasteiger charge is -2.27. The first kappa shape index (κ1) is 22.7. The third-order valence-electron chi connectivity index (χ3n) is 5.76. The van der Waals surface area contributed by atoms with Crippen molar-refractivity contribution in [1.29, 1.82) is 0 Å². The number of hydrogen-bond acceptors (Lipinski definition) is 4. The molecule has 2 aromatic carbocycles. The van der Waals surface area contributed by atoms with Gasteiger partial charge in [-0.15, -0.1) is 6.58 Å². The Morgan fingerprint density at radius 3 is 2.35 bits per heavy atom. The maximum absolute atomic E-state index is 10.8. The number of hydrogen-bond donors (Lipinski definition) is 3. The van der Waals surface area contributed by atoms with Crippen molar-refractivity contribution in [2.45, 2.75) is 38.9 Å². The lowest BCUT2D eigenvalue weighted by Crippen LogP contribution is -2.33. The van der Waals surface area contributed by atoms with Gasteiger partial charge in [-0.25, -0.2) is 0 Å². The number of pyridine rings is 1. The predicted octanol–water partition coefficient (Wildman–Crippen LogP) is 5.44. The summed E-state index contributed by atoms with van der Waals surface area (Å²) >= 11 is 0. The van der Waals surface area contributed by atoms with E-state index >= 15 is 0 Å². The van der Waals surface area contributed by atoms with Crippen LogP contribution in [0.5, 0.6) is 5.75 Å². The van der Waals surface area contributed by atoms with Crippen LogP contribution in [0, 0.1) is 11.8 Å². The van der Waals surface area contributed by atoms with Gasteiger partial charge in [-0.1, -0.05) is 56.3 Å². The topological polar surface area (TPSA) is 73.6 Å². The summed E-state index contributed by atoms with van der Waals surface area (Å²) < 4.78 is 0. The second-order valence-electron chi connectivity index (χ2n) is 8.26. The predicted molar refractivity (Wildman–Crippen MR) is 127 cm³/mol. The first-order valence-electron chi connectivity index (χ1n) is 10.7. The van der Waals surface area contributed by atoms with E-state index in [-0.39, 0.29) is 17.6 Å². The third-order valence-corrected chi connectivity index (χ3v) is 5.76. The fourth-order valence-corrected chi connectivity index (χ4v) is 3.91. The quantitative estimate of drug-likeness (QED) is 0.405. The van der Waals surface area contributed by atoms with Gasteiger partial charge in [0.25, 0.3) is 0 Å². The number of phenolic OH excluding ortho intramolecular Hbond substituents is 1. The summed E-state index contributed by atoms with van der Waals surface area (Å²) in [6.07, 6.45) is 5.17. The molecular formula is C27H31NO3. The van der Waals surface area contributed by atoms with Crippen molar-refractivity contribution in [3.05, 3.63) is 84.7 Å². The summed E-state index contributed by atoms with van der Waals surface area (Å²) in [6, 6.07) is 17.1. The molecule has 3 N–H and O–H groups in total. The van der Waals surface area contributed by atoms with Crippen molar-refractivity contribution in [3.63, 3.8) is 0 Å². The van der Waals surface area contributed by atoms with Crippen LogP contribution in [0.15, 0.2) is 73.4 Å². The van der Waals surface area contributed by atoms with Crippen LogP contribution in [0.2, 0.25) is 0 Å². The monoisotopic (exact) mass is 417 g/mol. The molecule has 0 fully saturated rings. The molecule has 0 aliphatic heterocycles. The van der Waals surface area contributed by atoms with Crippen molar-refractivity contribution < 1.29 is 15.3 Å². The molecule has 0 radical (unpaired) electrons. The molecule has 0 bridgehead atoms. The third kappa shape index (κ3) is 5.40. The van der Waals surface area contributed by atoms with Crippen LogP contribution in [0.25, 0.3) is 22.4 Å². The van der Waals surface area contributed by atoms with Crippen molar-refractivity contribution in [1.82, 2.24) is 4.98 Å². The molecule has 0 unspecified atom stereocenters. The number of aliphatic hydroxyl groups is 2. The van der Waals surface area contributed by atoms with Crippen molar-refractivity contribution >= 4 is 22.4 Å². The Bertz CT molecular complexity index is 1040. The van der Waals surface area contributed by atoms with E-state index in [4.69, 9.17) is 0 Å². The molecule has 0 amide bonds. The van der Waals surface area contributed by atoms with Crippen molar-refractivity contribution in [2.75, 3.05) is 0 Å². The number of rotatable bonds is 9. The fourth-order valence-electron chi connectivity index (χ4n) is 3.91. The van der Waals surface area contributed by atoms with Gasteiger partial charge in [-0.05, 0) is 59.6 Å². The molecule has 0 saturated heterocycles. The highest BCUT2D eigenvalue weighted by atomic mass is 16.3. The van der Waals surface area contributed by atoms with Gasteiger partial charge < -0.3 is 15.3 Å². The number of aromatic nitrogens is 1. The van der Waals surface area contributed by atoms with E-state index in [0.29, 0.717) is 12.8 Å². The highest BCUT2D eigenvalue weighted by Gasteiger charge is 2.26. The molecule has 0 aliphatic rings. The van der Waals surface area contributed by atoms with Gasteiger partial charge in [0.15, 0.2) is 0 Å². The number of phenols is 1. The Labute approximate surface area is 184 Å². The Kier molecular flexibility index (Phi) is 7.61. The normalized spacial score (nSPS) is 15.1. The smallest absolute Gasteiger partial charge is 0.123 e. The Morgan fingerprint density at radius 1 is 1.00 bits per heavy atom. The van der Waals surface area contributed by atoms with Gasteiger partial charge >= 0.3 is 0 Å². The minimum absolute atomic E-state index is 0.0341. The summed E-state index contributed by atoms with van der Waals surface area (Å²) in [6.45, 7) is 7.68. The van der Waals surface area contributed by atoms with Crippen molar-refractivity contribution in [3.8, 4) is 5.75 Å². The fraction of sp³-hybridized carbons (Fsp3) is 0.296. The van der Waals surface area contributed by atoms with E-state index in [1.807, 2.05) is 62.4 Å². The molecule has 1 heterocycles. The Hall–Kier alpha value is -2.95. The number of allylic oxidation sites excluding steroid dienone is 1. The number of fused-ring (bicyclic) bond motifs is 1. The highest BCUT2D eigenvalue weighted by molar-refractivity contribution is 5.98. The molecule has 162 valence electrons. The van der Waals surface area contributed by atoms with Crippen LogP contribution in [-0.2, 0) is 0 Å². The molecule has 3 rings (SSSR count). The molecular weight excluding hydrogens is 386 g/mol. The van der Waals surface area contributed by atoms with Gasteiger partial charge in [0.2, 0.25) is 0 Å². The molecule has 1 aromatic heterocycles. The maximum Gasteiger partial charge on any atom is 0.123 e. The van der Waals surface area contributed by atoms with E-state index in [1.165, 1.54) is 0 Å². The first-order valence-corrected chi connectivity index (χ1v) is 10.7. The lowest BCUT2D eigenvalue weighted by molar-refractivity contribution is 0.00938. The summed E-state index contributed by atoms with van der Waals surface area (Å²) in [7, 11) is 0. The lowest BCUT2D eigenvalue weighted by atomic mass is 9.86. The average molecular weight is 418 g/mol. The molecule has 0 saturated carbocycles. The highest BCUT2D eigenvalue weighted by Crippen LogP contribution is 2.32. The van der Waals surface area contributed by atoms with E-state index in [1.54, 1.807) is 18.3 Å². The summed E-state index contributed by atoms with van der Waals surface area (Å²) in [4.78, 5) is 4.51. The molecule has 0 spiro atoms. The SMILES string of the molecule is C=C[C@H]([C@H](O)CC/C(=C/c1ccc(O)c2ccccc12)c1ccccn1)[C@H](O)C(C)C. The number of benzene rings is 2. The number of aromatic hydroxyl groups is 1. The van der Waals surface area contributed by atoms with Crippen LogP contribution in [0.1, 0.15) is 37.9 Å². The van der Waals surface area contributed by atoms with E-state index < -0.39 is 12.2 Å². The molecule has 0 aliphatic carbocycles. The van der Waals surface area contributed by atoms with Gasteiger partial charge in [-0.2, -0.15) is 0 Å². The zero-order valence-corrected chi connectivity index (χ0v) is 18.1.